The fraction of sp³-hybridized carbons (Fsp3) is 0.529. The monoisotopic (exact) mass is 305 g/mol. The normalized spacial score (nSPS) is 19.5. The standard InChI is InChI=1S/C17H23NO4/c1-13(9-11-22-15-7-3-2-4-8-15)16(19)18-10-5-6-14(12-18)17(20)21/h2-4,7-8,13-14H,5-6,9-12H2,1H3,(H,20,21)/t13-,14+/m1/s1. The number of para-hydroxylation sites is 1. The van der Waals surface area contributed by atoms with Crippen molar-refractivity contribution >= 4 is 11.9 Å². The summed E-state index contributed by atoms with van der Waals surface area (Å²) in [6.45, 7) is 3.35. The Morgan fingerprint density at radius 3 is 2.77 bits per heavy atom. The molecule has 1 fully saturated rings. The summed E-state index contributed by atoms with van der Waals surface area (Å²) in [6, 6.07) is 9.50. The molecule has 0 radical (unpaired) electrons. The highest BCUT2D eigenvalue weighted by Crippen LogP contribution is 2.20. The number of aliphatic carboxylic acids is 1. The van der Waals surface area contributed by atoms with Gasteiger partial charge in [0.2, 0.25) is 5.91 Å². The van der Waals surface area contributed by atoms with Crippen molar-refractivity contribution in [3.8, 4) is 5.75 Å². The maximum atomic E-state index is 12.4. The van der Waals surface area contributed by atoms with Gasteiger partial charge in [0.05, 0.1) is 12.5 Å². The number of carboxylic acid groups (broad SMARTS) is 1. The van der Waals surface area contributed by atoms with E-state index < -0.39 is 11.9 Å². The van der Waals surface area contributed by atoms with E-state index >= 15 is 0 Å². The van der Waals surface area contributed by atoms with Crippen molar-refractivity contribution in [1.29, 1.82) is 0 Å². The molecule has 1 saturated heterocycles. The Morgan fingerprint density at radius 1 is 1.36 bits per heavy atom. The summed E-state index contributed by atoms with van der Waals surface area (Å²) in [4.78, 5) is 25.1. The number of hydrogen-bond acceptors (Lipinski definition) is 3. The molecule has 1 aromatic carbocycles. The van der Waals surface area contributed by atoms with Crippen LogP contribution in [0.3, 0.4) is 0 Å². The lowest BCUT2D eigenvalue weighted by Gasteiger charge is -2.32. The predicted molar refractivity (Wildman–Crippen MR) is 82.7 cm³/mol. The molecular weight excluding hydrogens is 282 g/mol. The third kappa shape index (κ3) is 4.48. The predicted octanol–water partition coefficient (Wildman–Crippen LogP) is 2.41. The van der Waals surface area contributed by atoms with Crippen molar-refractivity contribution < 1.29 is 19.4 Å². The van der Waals surface area contributed by atoms with Crippen molar-refractivity contribution in [3.63, 3.8) is 0 Å². The minimum atomic E-state index is -0.808. The highest BCUT2D eigenvalue weighted by Gasteiger charge is 2.30. The van der Waals surface area contributed by atoms with Crippen LogP contribution in [0.1, 0.15) is 26.2 Å². The number of ether oxygens (including phenoxy) is 1. The molecule has 0 unspecified atom stereocenters. The lowest BCUT2D eigenvalue weighted by molar-refractivity contribution is -0.146. The van der Waals surface area contributed by atoms with Crippen LogP contribution in [0.2, 0.25) is 0 Å². The molecule has 5 nitrogen and oxygen atoms in total. The number of carbonyl (C=O) groups is 2. The van der Waals surface area contributed by atoms with E-state index in [0.717, 1.165) is 12.2 Å². The fourth-order valence-corrected chi connectivity index (χ4v) is 2.68. The number of carbonyl (C=O) groups excluding carboxylic acids is 1. The number of nitrogens with zero attached hydrogens (tertiary/aromatic N) is 1. The van der Waals surface area contributed by atoms with Crippen molar-refractivity contribution in [1.82, 2.24) is 4.90 Å². The van der Waals surface area contributed by atoms with E-state index in [1.54, 1.807) is 4.90 Å². The quantitative estimate of drug-likeness (QED) is 0.876. The number of likely N-dealkylation sites (tertiary alicyclic amines) is 1. The summed E-state index contributed by atoms with van der Waals surface area (Å²) >= 11 is 0. The van der Waals surface area contributed by atoms with Crippen LogP contribution < -0.4 is 4.74 Å². The molecule has 5 heteroatoms. The minimum Gasteiger partial charge on any atom is -0.494 e. The van der Waals surface area contributed by atoms with Gasteiger partial charge in [-0.25, -0.2) is 0 Å². The SMILES string of the molecule is C[C@H](CCOc1ccccc1)C(=O)N1CCC[C@H](C(=O)O)C1. The van der Waals surface area contributed by atoms with E-state index in [1.807, 2.05) is 37.3 Å². The molecule has 0 bridgehead atoms. The number of rotatable bonds is 6. The van der Waals surface area contributed by atoms with Gasteiger partial charge in [-0.15, -0.1) is 0 Å². The van der Waals surface area contributed by atoms with Crippen LogP contribution in [0.25, 0.3) is 0 Å². The van der Waals surface area contributed by atoms with Crippen molar-refractivity contribution in [2.45, 2.75) is 26.2 Å². The number of amides is 1. The van der Waals surface area contributed by atoms with Gasteiger partial charge in [-0.3, -0.25) is 9.59 Å². The van der Waals surface area contributed by atoms with Crippen molar-refractivity contribution in [3.05, 3.63) is 30.3 Å². The summed E-state index contributed by atoms with van der Waals surface area (Å²) in [7, 11) is 0. The molecule has 2 rings (SSSR count). The molecule has 1 aromatic rings. The van der Waals surface area contributed by atoms with E-state index in [0.29, 0.717) is 32.5 Å². The van der Waals surface area contributed by atoms with E-state index in [1.165, 1.54) is 0 Å². The summed E-state index contributed by atoms with van der Waals surface area (Å²) in [6.07, 6.45) is 2.04. The fourth-order valence-electron chi connectivity index (χ4n) is 2.68. The Balaban J connectivity index is 1.78. The number of piperidine rings is 1. The Morgan fingerprint density at radius 2 is 2.09 bits per heavy atom. The van der Waals surface area contributed by atoms with Gasteiger partial charge in [0.25, 0.3) is 0 Å². The average Bonchev–Trinajstić information content (AvgIpc) is 2.55. The van der Waals surface area contributed by atoms with E-state index in [-0.39, 0.29) is 11.8 Å². The van der Waals surface area contributed by atoms with Gasteiger partial charge in [0.15, 0.2) is 0 Å². The first-order chi connectivity index (χ1) is 10.6. The topological polar surface area (TPSA) is 66.8 Å². The van der Waals surface area contributed by atoms with Gasteiger partial charge < -0.3 is 14.7 Å². The van der Waals surface area contributed by atoms with Gasteiger partial charge in [0.1, 0.15) is 5.75 Å². The molecule has 2 atom stereocenters. The first kappa shape index (κ1) is 16.3. The summed E-state index contributed by atoms with van der Waals surface area (Å²) in [5, 5.41) is 9.09. The Hall–Kier alpha value is -2.04. The third-order valence-electron chi connectivity index (χ3n) is 4.07. The van der Waals surface area contributed by atoms with E-state index in [9.17, 15) is 9.59 Å². The van der Waals surface area contributed by atoms with Crippen LogP contribution in [-0.4, -0.2) is 41.6 Å². The molecule has 1 aliphatic rings. The van der Waals surface area contributed by atoms with Crippen molar-refractivity contribution in [2.24, 2.45) is 11.8 Å². The van der Waals surface area contributed by atoms with Gasteiger partial charge in [0, 0.05) is 19.0 Å². The molecule has 0 aromatic heterocycles. The summed E-state index contributed by atoms with van der Waals surface area (Å²) in [5.41, 5.74) is 0. The highest BCUT2D eigenvalue weighted by molar-refractivity contribution is 5.79. The zero-order chi connectivity index (χ0) is 15.9. The molecule has 0 aliphatic carbocycles. The lowest BCUT2D eigenvalue weighted by Crippen LogP contribution is -2.44. The van der Waals surface area contributed by atoms with Gasteiger partial charge >= 0.3 is 5.97 Å². The highest BCUT2D eigenvalue weighted by atomic mass is 16.5. The molecule has 1 aliphatic heterocycles. The largest absolute Gasteiger partial charge is 0.494 e. The van der Waals surface area contributed by atoms with Gasteiger partial charge in [-0.05, 0) is 31.4 Å². The van der Waals surface area contributed by atoms with E-state index in [4.69, 9.17) is 9.84 Å². The van der Waals surface area contributed by atoms with Crippen LogP contribution >= 0.6 is 0 Å². The average molecular weight is 305 g/mol. The minimum absolute atomic E-state index is 0.0302. The van der Waals surface area contributed by atoms with Gasteiger partial charge in [-0.2, -0.15) is 0 Å². The van der Waals surface area contributed by atoms with Crippen LogP contribution in [0.4, 0.5) is 0 Å². The molecule has 0 spiro atoms. The molecular formula is C17H23NO4. The first-order valence-corrected chi connectivity index (χ1v) is 7.77. The second kappa shape index (κ2) is 7.82. The molecule has 1 heterocycles. The van der Waals surface area contributed by atoms with Gasteiger partial charge in [-0.1, -0.05) is 25.1 Å². The summed E-state index contributed by atoms with van der Waals surface area (Å²) < 4.78 is 5.61. The first-order valence-electron chi connectivity index (χ1n) is 7.77. The number of hydrogen-bond donors (Lipinski definition) is 1. The molecule has 22 heavy (non-hydrogen) atoms. The van der Waals surface area contributed by atoms with Crippen LogP contribution in [-0.2, 0) is 9.59 Å². The summed E-state index contributed by atoms with van der Waals surface area (Å²) in [5.74, 6) is -0.562. The Kier molecular flexibility index (Phi) is 5.81. The number of benzene rings is 1. The van der Waals surface area contributed by atoms with Crippen molar-refractivity contribution in [2.75, 3.05) is 19.7 Å². The zero-order valence-corrected chi connectivity index (χ0v) is 12.9. The smallest absolute Gasteiger partial charge is 0.308 e. The lowest BCUT2D eigenvalue weighted by atomic mass is 9.96. The molecule has 1 amide bonds. The van der Waals surface area contributed by atoms with Crippen LogP contribution in [0.15, 0.2) is 30.3 Å². The molecule has 120 valence electrons. The third-order valence-corrected chi connectivity index (χ3v) is 4.07. The van der Waals surface area contributed by atoms with Crippen LogP contribution in [0.5, 0.6) is 5.75 Å². The second-order valence-electron chi connectivity index (χ2n) is 5.81. The maximum Gasteiger partial charge on any atom is 0.308 e. The molecule has 0 saturated carbocycles. The molecule has 1 N–H and O–H groups in total. The number of carboxylic acids is 1. The zero-order valence-electron chi connectivity index (χ0n) is 12.9. The Bertz CT molecular complexity index is 503. The Labute approximate surface area is 130 Å². The van der Waals surface area contributed by atoms with E-state index in [2.05, 4.69) is 0 Å². The second-order valence-corrected chi connectivity index (χ2v) is 5.81. The van der Waals surface area contributed by atoms with Crippen LogP contribution in [0, 0.1) is 11.8 Å². The maximum absolute atomic E-state index is 12.4.